The minimum Gasteiger partial charge on any atom is -0.495 e. The Morgan fingerprint density at radius 2 is 2.12 bits per heavy atom. The molecule has 0 saturated heterocycles. The summed E-state index contributed by atoms with van der Waals surface area (Å²) in [5, 5.41) is 14.7. The Balaban J connectivity index is 1.72. The van der Waals surface area contributed by atoms with Gasteiger partial charge in [-0.05, 0) is 30.3 Å². The molecule has 8 heteroatoms. The summed E-state index contributed by atoms with van der Waals surface area (Å²) in [7, 11) is 1.58. The van der Waals surface area contributed by atoms with Gasteiger partial charge < -0.3 is 15.4 Å². The van der Waals surface area contributed by atoms with Crippen LogP contribution in [0.3, 0.4) is 0 Å². The summed E-state index contributed by atoms with van der Waals surface area (Å²) in [6.45, 7) is 0.541. The molecule has 0 amide bonds. The summed E-state index contributed by atoms with van der Waals surface area (Å²) >= 11 is 6.02. The van der Waals surface area contributed by atoms with E-state index in [0.29, 0.717) is 34.8 Å². The molecule has 0 fully saturated rings. The third-order valence-corrected chi connectivity index (χ3v) is 3.38. The van der Waals surface area contributed by atoms with Crippen LogP contribution in [0.25, 0.3) is 0 Å². The molecule has 0 aliphatic rings. The smallest absolute Gasteiger partial charge is 0.249 e. The zero-order valence-corrected chi connectivity index (χ0v) is 13.7. The lowest BCUT2D eigenvalue weighted by molar-refractivity contribution is 0.417. The molecule has 2 aromatic heterocycles. The molecule has 0 bridgehead atoms. The van der Waals surface area contributed by atoms with Crippen LogP contribution in [-0.2, 0) is 6.54 Å². The van der Waals surface area contributed by atoms with Crippen molar-refractivity contribution in [2.24, 2.45) is 0 Å². The number of nitrogens with one attached hydrogen (secondary N) is 2. The highest BCUT2D eigenvalue weighted by Gasteiger charge is 2.07. The SMILES string of the molecule is COc1ccc(Cl)cc1Nc1nncc(NCc2ccccn2)n1. The van der Waals surface area contributed by atoms with E-state index in [9.17, 15) is 0 Å². The van der Waals surface area contributed by atoms with Gasteiger partial charge in [-0.1, -0.05) is 17.7 Å². The summed E-state index contributed by atoms with van der Waals surface area (Å²) in [4.78, 5) is 8.61. The van der Waals surface area contributed by atoms with Gasteiger partial charge in [0.1, 0.15) is 5.75 Å². The van der Waals surface area contributed by atoms with E-state index in [1.165, 1.54) is 0 Å². The van der Waals surface area contributed by atoms with Crippen molar-refractivity contribution in [1.82, 2.24) is 20.2 Å². The van der Waals surface area contributed by atoms with E-state index < -0.39 is 0 Å². The van der Waals surface area contributed by atoms with Crippen molar-refractivity contribution in [2.75, 3.05) is 17.7 Å². The fourth-order valence-corrected chi connectivity index (χ4v) is 2.20. The minimum atomic E-state index is 0.335. The van der Waals surface area contributed by atoms with E-state index in [-0.39, 0.29) is 0 Å². The first kappa shape index (κ1) is 15.9. The summed E-state index contributed by atoms with van der Waals surface area (Å²) in [5.74, 6) is 1.55. The average molecular weight is 343 g/mol. The fourth-order valence-electron chi connectivity index (χ4n) is 2.02. The summed E-state index contributed by atoms with van der Waals surface area (Å²) in [5.41, 5.74) is 1.57. The van der Waals surface area contributed by atoms with Crippen LogP contribution in [0, 0.1) is 0 Å². The molecule has 0 atom stereocenters. The average Bonchev–Trinajstić information content (AvgIpc) is 2.61. The van der Waals surface area contributed by atoms with Crippen LogP contribution in [0.15, 0.2) is 48.8 Å². The molecule has 3 rings (SSSR count). The first-order chi connectivity index (χ1) is 11.7. The van der Waals surface area contributed by atoms with Crippen LogP contribution in [0.2, 0.25) is 5.02 Å². The zero-order valence-electron chi connectivity index (χ0n) is 12.9. The van der Waals surface area contributed by atoms with Crippen LogP contribution in [0.5, 0.6) is 5.75 Å². The van der Waals surface area contributed by atoms with Crippen LogP contribution in [0.1, 0.15) is 5.69 Å². The number of halogens is 1. The van der Waals surface area contributed by atoms with Crippen molar-refractivity contribution in [2.45, 2.75) is 6.54 Å². The lowest BCUT2D eigenvalue weighted by Gasteiger charge is -2.11. The molecule has 3 aromatic rings. The second-order valence-electron chi connectivity index (χ2n) is 4.81. The summed E-state index contributed by atoms with van der Waals surface area (Å²) < 4.78 is 5.29. The highest BCUT2D eigenvalue weighted by Crippen LogP contribution is 2.29. The molecular formula is C16H15ClN6O. The number of benzene rings is 1. The normalized spacial score (nSPS) is 10.2. The third kappa shape index (κ3) is 4.08. The Kier molecular flexibility index (Phi) is 5.02. The topological polar surface area (TPSA) is 84.9 Å². The van der Waals surface area contributed by atoms with Crippen molar-refractivity contribution >= 4 is 29.1 Å². The van der Waals surface area contributed by atoms with Crippen molar-refractivity contribution in [3.63, 3.8) is 0 Å². The number of hydrogen-bond donors (Lipinski definition) is 2. The van der Waals surface area contributed by atoms with Crippen LogP contribution in [0.4, 0.5) is 17.5 Å². The van der Waals surface area contributed by atoms with Crippen LogP contribution < -0.4 is 15.4 Å². The molecule has 7 nitrogen and oxygen atoms in total. The Morgan fingerprint density at radius 1 is 1.21 bits per heavy atom. The standard InChI is InChI=1S/C16H15ClN6O/c1-24-14-6-5-11(17)8-13(14)21-16-22-15(10-20-23-16)19-9-12-4-2-3-7-18-12/h2-8,10H,9H2,1H3,(H2,19,21,22,23). The Labute approximate surface area is 144 Å². The Bertz CT molecular complexity index is 815. The number of hydrogen-bond acceptors (Lipinski definition) is 7. The molecule has 0 radical (unpaired) electrons. The second kappa shape index (κ2) is 7.56. The fraction of sp³-hybridized carbons (Fsp3) is 0.125. The summed E-state index contributed by atoms with van der Waals surface area (Å²) in [6.07, 6.45) is 3.29. The van der Waals surface area contributed by atoms with E-state index in [1.54, 1.807) is 37.7 Å². The molecule has 0 unspecified atom stereocenters. The zero-order chi connectivity index (χ0) is 16.8. The van der Waals surface area contributed by atoms with E-state index in [4.69, 9.17) is 16.3 Å². The van der Waals surface area contributed by atoms with Gasteiger partial charge in [0.15, 0.2) is 5.82 Å². The predicted octanol–water partition coefficient (Wildman–Crippen LogP) is 3.28. The lowest BCUT2D eigenvalue weighted by Crippen LogP contribution is -2.06. The number of pyridine rings is 1. The van der Waals surface area contributed by atoms with E-state index in [0.717, 1.165) is 5.69 Å². The number of nitrogens with zero attached hydrogens (tertiary/aromatic N) is 4. The largest absolute Gasteiger partial charge is 0.495 e. The highest BCUT2D eigenvalue weighted by atomic mass is 35.5. The molecule has 2 N–H and O–H groups in total. The van der Waals surface area contributed by atoms with Gasteiger partial charge in [0.2, 0.25) is 5.95 Å². The first-order valence-electron chi connectivity index (χ1n) is 7.18. The van der Waals surface area contributed by atoms with Gasteiger partial charge in [-0.3, -0.25) is 4.98 Å². The number of aromatic nitrogens is 4. The maximum atomic E-state index is 6.02. The van der Waals surface area contributed by atoms with Crippen LogP contribution >= 0.6 is 11.6 Å². The number of ether oxygens (including phenoxy) is 1. The van der Waals surface area contributed by atoms with E-state index in [2.05, 4.69) is 30.8 Å². The van der Waals surface area contributed by atoms with Crippen molar-refractivity contribution in [3.05, 3.63) is 59.5 Å². The first-order valence-corrected chi connectivity index (χ1v) is 7.56. The van der Waals surface area contributed by atoms with Gasteiger partial charge in [0.05, 0.1) is 31.2 Å². The minimum absolute atomic E-state index is 0.335. The van der Waals surface area contributed by atoms with Gasteiger partial charge >= 0.3 is 0 Å². The molecule has 0 saturated carbocycles. The molecule has 0 aliphatic carbocycles. The van der Waals surface area contributed by atoms with Gasteiger partial charge in [0, 0.05) is 11.2 Å². The summed E-state index contributed by atoms with van der Waals surface area (Å²) in [6, 6.07) is 11.0. The van der Waals surface area contributed by atoms with Crippen molar-refractivity contribution < 1.29 is 4.74 Å². The Morgan fingerprint density at radius 3 is 2.92 bits per heavy atom. The number of rotatable bonds is 6. The van der Waals surface area contributed by atoms with Gasteiger partial charge in [0.25, 0.3) is 0 Å². The van der Waals surface area contributed by atoms with Crippen molar-refractivity contribution in [3.8, 4) is 5.75 Å². The quantitative estimate of drug-likeness (QED) is 0.711. The monoisotopic (exact) mass is 342 g/mol. The number of methoxy groups -OCH3 is 1. The van der Waals surface area contributed by atoms with Gasteiger partial charge in [-0.15, -0.1) is 5.10 Å². The molecule has 122 valence electrons. The maximum Gasteiger partial charge on any atom is 0.249 e. The maximum absolute atomic E-state index is 6.02. The van der Waals surface area contributed by atoms with Crippen molar-refractivity contribution in [1.29, 1.82) is 0 Å². The molecule has 0 aliphatic heterocycles. The van der Waals surface area contributed by atoms with E-state index >= 15 is 0 Å². The molecule has 2 heterocycles. The molecular weight excluding hydrogens is 328 g/mol. The van der Waals surface area contributed by atoms with Crippen LogP contribution in [-0.4, -0.2) is 27.3 Å². The van der Waals surface area contributed by atoms with Gasteiger partial charge in [-0.2, -0.15) is 10.1 Å². The molecule has 24 heavy (non-hydrogen) atoms. The third-order valence-electron chi connectivity index (χ3n) is 3.14. The van der Waals surface area contributed by atoms with E-state index in [1.807, 2.05) is 18.2 Å². The Hall–Kier alpha value is -2.93. The lowest BCUT2D eigenvalue weighted by atomic mass is 10.3. The predicted molar refractivity (Wildman–Crippen MR) is 92.7 cm³/mol. The number of anilines is 3. The highest BCUT2D eigenvalue weighted by molar-refractivity contribution is 6.30. The van der Waals surface area contributed by atoms with Gasteiger partial charge in [-0.25, -0.2) is 0 Å². The molecule has 0 spiro atoms. The second-order valence-corrected chi connectivity index (χ2v) is 5.25. The molecule has 1 aromatic carbocycles.